The molecular formula is C25H30N4O4S. The highest BCUT2D eigenvalue weighted by molar-refractivity contribution is 8.00. The summed E-state index contributed by atoms with van der Waals surface area (Å²) in [6, 6.07) is 14.6. The Morgan fingerprint density at radius 2 is 1.97 bits per heavy atom. The van der Waals surface area contributed by atoms with Crippen LogP contribution in [-0.4, -0.2) is 65.6 Å². The SMILES string of the molecule is COc1cccc(NC(=O)[C@H](C)Sc2nc3ccccc3c(=O)n2CCCN2CCOCC2)c1. The lowest BCUT2D eigenvalue weighted by molar-refractivity contribution is -0.115. The highest BCUT2D eigenvalue weighted by Gasteiger charge is 2.20. The third-order valence-corrected chi connectivity index (χ3v) is 6.87. The van der Waals surface area contributed by atoms with E-state index in [0.29, 0.717) is 34.0 Å². The van der Waals surface area contributed by atoms with Gasteiger partial charge in [-0.15, -0.1) is 0 Å². The van der Waals surface area contributed by atoms with E-state index in [2.05, 4.69) is 10.2 Å². The number of morpholine rings is 1. The first kappa shape index (κ1) is 24.3. The summed E-state index contributed by atoms with van der Waals surface area (Å²) in [5.74, 6) is 0.504. The number of anilines is 1. The van der Waals surface area contributed by atoms with Crippen LogP contribution in [0.2, 0.25) is 0 Å². The van der Waals surface area contributed by atoms with Crippen LogP contribution in [0.3, 0.4) is 0 Å². The molecule has 2 aromatic carbocycles. The van der Waals surface area contributed by atoms with Gasteiger partial charge in [0.1, 0.15) is 5.75 Å². The number of aromatic nitrogens is 2. The molecule has 1 atom stereocenters. The number of fused-ring (bicyclic) bond motifs is 1. The number of ether oxygens (including phenoxy) is 2. The monoisotopic (exact) mass is 482 g/mol. The molecule has 180 valence electrons. The Bertz CT molecular complexity index is 1190. The maximum atomic E-state index is 13.3. The van der Waals surface area contributed by atoms with Crippen molar-refractivity contribution in [3.63, 3.8) is 0 Å². The number of benzene rings is 2. The Kier molecular flexibility index (Phi) is 8.21. The van der Waals surface area contributed by atoms with Gasteiger partial charge in [-0.2, -0.15) is 0 Å². The summed E-state index contributed by atoms with van der Waals surface area (Å²) in [7, 11) is 1.59. The normalized spacial score (nSPS) is 15.2. The average molecular weight is 483 g/mol. The largest absolute Gasteiger partial charge is 0.497 e. The van der Waals surface area contributed by atoms with Gasteiger partial charge >= 0.3 is 0 Å². The maximum absolute atomic E-state index is 13.3. The van der Waals surface area contributed by atoms with Crippen molar-refractivity contribution in [2.45, 2.75) is 30.3 Å². The lowest BCUT2D eigenvalue weighted by atomic mass is 10.2. The number of hydrogen-bond donors (Lipinski definition) is 1. The number of amides is 1. The fourth-order valence-electron chi connectivity index (χ4n) is 3.87. The van der Waals surface area contributed by atoms with Crippen LogP contribution in [0.1, 0.15) is 13.3 Å². The summed E-state index contributed by atoms with van der Waals surface area (Å²) in [6.45, 7) is 6.57. The van der Waals surface area contributed by atoms with Gasteiger partial charge in [0, 0.05) is 37.9 Å². The molecule has 1 saturated heterocycles. The number of methoxy groups -OCH3 is 1. The number of carbonyl (C=O) groups excluding carboxylic acids is 1. The zero-order valence-electron chi connectivity index (χ0n) is 19.5. The van der Waals surface area contributed by atoms with Crippen LogP contribution >= 0.6 is 11.8 Å². The van der Waals surface area contributed by atoms with E-state index < -0.39 is 5.25 Å². The van der Waals surface area contributed by atoms with Gasteiger partial charge < -0.3 is 14.8 Å². The van der Waals surface area contributed by atoms with E-state index in [-0.39, 0.29) is 11.5 Å². The summed E-state index contributed by atoms with van der Waals surface area (Å²) in [4.78, 5) is 33.3. The average Bonchev–Trinajstić information content (AvgIpc) is 2.86. The zero-order chi connectivity index (χ0) is 23.9. The van der Waals surface area contributed by atoms with Crippen LogP contribution in [0.4, 0.5) is 5.69 Å². The molecule has 0 aliphatic carbocycles. The van der Waals surface area contributed by atoms with Crippen molar-refractivity contribution >= 4 is 34.3 Å². The van der Waals surface area contributed by atoms with Crippen LogP contribution in [0.5, 0.6) is 5.75 Å². The smallest absolute Gasteiger partial charge is 0.262 e. The molecule has 1 fully saturated rings. The van der Waals surface area contributed by atoms with E-state index in [1.807, 2.05) is 43.3 Å². The van der Waals surface area contributed by atoms with Gasteiger partial charge in [-0.1, -0.05) is 30.0 Å². The Hall–Kier alpha value is -2.88. The van der Waals surface area contributed by atoms with Gasteiger partial charge in [-0.25, -0.2) is 4.98 Å². The van der Waals surface area contributed by atoms with Crippen molar-refractivity contribution in [3.05, 3.63) is 58.9 Å². The Morgan fingerprint density at radius 3 is 2.76 bits per heavy atom. The molecule has 34 heavy (non-hydrogen) atoms. The van der Waals surface area contributed by atoms with E-state index >= 15 is 0 Å². The lowest BCUT2D eigenvalue weighted by Gasteiger charge is -2.26. The highest BCUT2D eigenvalue weighted by Crippen LogP contribution is 2.25. The van der Waals surface area contributed by atoms with E-state index in [1.165, 1.54) is 11.8 Å². The molecule has 3 aromatic rings. The second-order valence-corrected chi connectivity index (χ2v) is 9.47. The van der Waals surface area contributed by atoms with E-state index in [9.17, 15) is 9.59 Å². The quantitative estimate of drug-likeness (QED) is 0.370. The second-order valence-electron chi connectivity index (χ2n) is 8.16. The van der Waals surface area contributed by atoms with Gasteiger partial charge in [0.25, 0.3) is 5.56 Å². The van der Waals surface area contributed by atoms with Gasteiger partial charge in [0.15, 0.2) is 5.16 Å². The number of nitrogens with zero attached hydrogens (tertiary/aromatic N) is 3. The summed E-state index contributed by atoms with van der Waals surface area (Å²) in [5.41, 5.74) is 1.22. The minimum atomic E-state index is -0.454. The molecule has 0 spiro atoms. The van der Waals surface area contributed by atoms with Gasteiger partial charge in [0.05, 0.1) is 36.5 Å². The molecule has 2 heterocycles. The van der Waals surface area contributed by atoms with Gasteiger partial charge in [-0.05, 0) is 37.6 Å². The molecule has 0 radical (unpaired) electrons. The molecular weight excluding hydrogens is 452 g/mol. The second kappa shape index (κ2) is 11.5. The van der Waals surface area contributed by atoms with Crippen LogP contribution in [0.25, 0.3) is 10.9 Å². The lowest BCUT2D eigenvalue weighted by Crippen LogP contribution is -2.37. The first-order valence-corrected chi connectivity index (χ1v) is 12.3. The molecule has 0 bridgehead atoms. The third kappa shape index (κ3) is 5.97. The zero-order valence-corrected chi connectivity index (χ0v) is 20.3. The van der Waals surface area contributed by atoms with E-state index in [1.54, 1.807) is 23.8 Å². The maximum Gasteiger partial charge on any atom is 0.262 e. The first-order chi connectivity index (χ1) is 16.5. The van der Waals surface area contributed by atoms with Crippen molar-refractivity contribution < 1.29 is 14.3 Å². The molecule has 1 aliphatic rings. The predicted octanol–water partition coefficient (Wildman–Crippen LogP) is 3.25. The molecule has 4 rings (SSSR count). The molecule has 8 nitrogen and oxygen atoms in total. The number of rotatable bonds is 9. The molecule has 1 aliphatic heterocycles. The Morgan fingerprint density at radius 1 is 1.18 bits per heavy atom. The standard InChI is InChI=1S/C25H30N4O4S/c1-18(23(30)26-19-7-5-8-20(17-19)32-2)34-25-27-22-10-4-3-9-21(22)24(31)29(25)12-6-11-28-13-15-33-16-14-28/h3-5,7-10,17-18H,6,11-16H2,1-2H3,(H,26,30)/t18-/m0/s1. The van der Waals surface area contributed by atoms with Crippen LogP contribution < -0.4 is 15.6 Å². The Balaban J connectivity index is 1.51. The summed E-state index contributed by atoms with van der Waals surface area (Å²) < 4.78 is 12.4. The topological polar surface area (TPSA) is 85.7 Å². The Labute approximate surface area is 203 Å². The van der Waals surface area contributed by atoms with E-state index in [0.717, 1.165) is 39.3 Å². The number of thioether (sulfide) groups is 1. The highest BCUT2D eigenvalue weighted by atomic mass is 32.2. The summed E-state index contributed by atoms with van der Waals surface area (Å²) >= 11 is 1.30. The minimum absolute atomic E-state index is 0.0736. The number of nitrogens with one attached hydrogen (secondary N) is 1. The first-order valence-electron chi connectivity index (χ1n) is 11.5. The fraction of sp³-hybridized carbons (Fsp3) is 0.400. The van der Waals surface area contributed by atoms with Gasteiger partial charge in [-0.3, -0.25) is 19.1 Å². The third-order valence-electron chi connectivity index (χ3n) is 5.78. The number of para-hydroxylation sites is 1. The van der Waals surface area contributed by atoms with Crippen LogP contribution in [-0.2, 0) is 16.1 Å². The van der Waals surface area contributed by atoms with Crippen molar-refractivity contribution in [1.29, 1.82) is 0 Å². The number of hydrogen-bond acceptors (Lipinski definition) is 7. The molecule has 1 amide bonds. The van der Waals surface area contributed by atoms with Crippen molar-refractivity contribution in [2.24, 2.45) is 0 Å². The molecule has 9 heteroatoms. The van der Waals surface area contributed by atoms with Crippen molar-refractivity contribution in [2.75, 3.05) is 45.3 Å². The van der Waals surface area contributed by atoms with E-state index in [4.69, 9.17) is 14.5 Å². The molecule has 1 N–H and O–H groups in total. The molecule has 1 aromatic heterocycles. The van der Waals surface area contributed by atoms with Crippen LogP contribution in [0.15, 0.2) is 58.5 Å². The van der Waals surface area contributed by atoms with Gasteiger partial charge in [0.2, 0.25) is 5.91 Å². The van der Waals surface area contributed by atoms with Crippen LogP contribution in [0, 0.1) is 0 Å². The summed E-state index contributed by atoms with van der Waals surface area (Å²) in [6.07, 6.45) is 0.817. The minimum Gasteiger partial charge on any atom is -0.497 e. The predicted molar refractivity (Wildman–Crippen MR) is 135 cm³/mol. The fourth-order valence-corrected chi connectivity index (χ4v) is 4.80. The molecule has 0 saturated carbocycles. The number of carbonyl (C=O) groups is 1. The van der Waals surface area contributed by atoms with Crippen molar-refractivity contribution in [1.82, 2.24) is 14.5 Å². The summed E-state index contributed by atoms with van der Waals surface area (Å²) in [5, 5.41) is 3.61. The molecule has 0 unspecified atom stereocenters. The van der Waals surface area contributed by atoms with Crippen molar-refractivity contribution in [3.8, 4) is 5.75 Å².